The number of hydrogen-bond donors (Lipinski definition) is 2. The van der Waals surface area contributed by atoms with E-state index in [-0.39, 0.29) is 23.5 Å². The van der Waals surface area contributed by atoms with Crippen molar-refractivity contribution in [3.05, 3.63) is 59.4 Å². The molecule has 0 aliphatic carbocycles. The summed E-state index contributed by atoms with van der Waals surface area (Å²) in [6, 6.07) is 10.8. The number of halogens is 3. The van der Waals surface area contributed by atoms with E-state index < -0.39 is 18.5 Å². The fraction of sp³-hybridized carbons (Fsp3) is 0.176. The van der Waals surface area contributed by atoms with Crippen LogP contribution in [0.2, 0.25) is 0 Å². The van der Waals surface area contributed by atoms with E-state index >= 15 is 0 Å². The molecule has 0 unspecified atom stereocenters. The summed E-state index contributed by atoms with van der Waals surface area (Å²) in [5.41, 5.74) is 1.04. The van der Waals surface area contributed by atoms with Crippen molar-refractivity contribution >= 4 is 11.7 Å². The maximum Gasteiger partial charge on any atom is 0.387 e. The quantitative estimate of drug-likeness (QED) is 0.836. The first-order chi connectivity index (χ1) is 12.0. The first-order valence-corrected chi connectivity index (χ1v) is 7.26. The molecule has 2 rings (SSSR count). The molecular weight excluding hydrogens is 335 g/mol. The largest absolute Gasteiger partial charge is 0.435 e. The van der Waals surface area contributed by atoms with E-state index in [2.05, 4.69) is 15.4 Å². The number of rotatable bonds is 6. The second-order valence-electron chi connectivity index (χ2n) is 4.96. The summed E-state index contributed by atoms with van der Waals surface area (Å²) >= 11 is 0. The van der Waals surface area contributed by atoms with Gasteiger partial charge in [-0.2, -0.15) is 14.0 Å². The van der Waals surface area contributed by atoms with Crippen LogP contribution < -0.4 is 15.4 Å². The highest BCUT2D eigenvalue weighted by Gasteiger charge is 2.08. The number of carbonyl (C=O) groups excluding carboxylic acids is 1. The molecule has 0 spiro atoms. The van der Waals surface area contributed by atoms with Crippen molar-refractivity contribution in [2.24, 2.45) is 0 Å². The lowest BCUT2D eigenvalue weighted by molar-refractivity contribution is -0.0498. The molecular formula is C17H14F3N3O2. The zero-order valence-corrected chi connectivity index (χ0v) is 12.9. The third-order valence-electron chi connectivity index (χ3n) is 3.20. The Balaban J connectivity index is 1.82. The van der Waals surface area contributed by atoms with Crippen molar-refractivity contribution in [2.45, 2.75) is 13.0 Å². The Morgan fingerprint density at radius 1 is 1.20 bits per heavy atom. The Kier molecular flexibility index (Phi) is 6.23. The third kappa shape index (κ3) is 5.73. The first-order valence-electron chi connectivity index (χ1n) is 7.26. The van der Waals surface area contributed by atoms with Gasteiger partial charge in [0.15, 0.2) is 0 Å². The van der Waals surface area contributed by atoms with Crippen LogP contribution in [-0.4, -0.2) is 19.2 Å². The first kappa shape index (κ1) is 18.1. The number of nitrogens with zero attached hydrogens (tertiary/aromatic N) is 1. The molecule has 0 aliphatic heterocycles. The minimum absolute atomic E-state index is 0.0183. The van der Waals surface area contributed by atoms with Gasteiger partial charge in [0.1, 0.15) is 17.6 Å². The number of benzene rings is 2. The molecule has 0 aliphatic rings. The Labute approximate surface area is 142 Å². The van der Waals surface area contributed by atoms with Crippen molar-refractivity contribution < 1.29 is 22.7 Å². The molecule has 0 fully saturated rings. The van der Waals surface area contributed by atoms with Crippen LogP contribution in [0.4, 0.5) is 23.7 Å². The molecule has 0 bridgehead atoms. The highest BCUT2D eigenvalue weighted by atomic mass is 19.3. The number of carbonyl (C=O) groups is 1. The molecule has 8 heteroatoms. The van der Waals surface area contributed by atoms with Gasteiger partial charge in [-0.15, -0.1) is 0 Å². The average Bonchev–Trinajstić information content (AvgIpc) is 2.57. The molecule has 2 aromatic rings. The summed E-state index contributed by atoms with van der Waals surface area (Å²) < 4.78 is 41.4. The van der Waals surface area contributed by atoms with E-state index in [0.717, 1.165) is 17.7 Å². The smallest absolute Gasteiger partial charge is 0.387 e. The van der Waals surface area contributed by atoms with Gasteiger partial charge in [-0.25, -0.2) is 9.18 Å². The minimum atomic E-state index is -2.87. The second-order valence-corrected chi connectivity index (χ2v) is 4.96. The number of hydrogen-bond acceptors (Lipinski definition) is 3. The molecule has 25 heavy (non-hydrogen) atoms. The van der Waals surface area contributed by atoms with Crippen LogP contribution in [0.25, 0.3) is 0 Å². The summed E-state index contributed by atoms with van der Waals surface area (Å²) in [6.07, 6.45) is 0.469. The Morgan fingerprint density at radius 2 is 1.92 bits per heavy atom. The van der Waals surface area contributed by atoms with E-state index in [1.165, 1.54) is 18.2 Å². The van der Waals surface area contributed by atoms with Gasteiger partial charge in [0, 0.05) is 6.54 Å². The number of anilines is 1. The Bertz CT molecular complexity index is 774. The van der Waals surface area contributed by atoms with E-state index in [4.69, 9.17) is 5.26 Å². The van der Waals surface area contributed by atoms with Crippen molar-refractivity contribution in [1.82, 2.24) is 5.32 Å². The SMILES string of the molecule is N#Cc1cc(F)ccc1NC(=O)NCCc1ccc(OC(F)F)cc1. The maximum atomic E-state index is 13.0. The number of amides is 2. The fourth-order valence-corrected chi connectivity index (χ4v) is 2.04. The molecule has 0 heterocycles. The molecule has 2 amide bonds. The molecule has 0 atom stereocenters. The van der Waals surface area contributed by atoms with Crippen molar-refractivity contribution in [2.75, 3.05) is 11.9 Å². The van der Waals surface area contributed by atoms with Crippen LogP contribution in [0, 0.1) is 17.1 Å². The Morgan fingerprint density at radius 3 is 2.56 bits per heavy atom. The number of ether oxygens (including phenoxy) is 1. The fourth-order valence-electron chi connectivity index (χ4n) is 2.04. The van der Waals surface area contributed by atoms with Crippen LogP contribution in [0.15, 0.2) is 42.5 Å². The average molecular weight is 349 g/mol. The highest BCUT2D eigenvalue weighted by molar-refractivity contribution is 5.90. The van der Waals surface area contributed by atoms with Crippen LogP contribution in [-0.2, 0) is 6.42 Å². The van der Waals surface area contributed by atoms with Gasteiger partial charge in [-0.3, -0.25) is 0 Å². The molecule has 2 aromatic carbocycles. The predicted molar refractivity (Wildman–Crippen MR) is 84.9 cm³/mol. The molecule has 130 valence electrons. The van der Waals surface area contributed by atoms with Gasteiger partial charge in [0.2, 0.25) is 0 Å². The third-order valence-corrected chi connectivity index (χ3v) is 3.20. The van der Waals surface area contributed by atoms with Crippen molar-refractivity contribution in [3.8, 4) is 11.8 Å². The lowest BCUT2D eigenvalue weighted by atomic mass is 10.1. The summed E-state index contributed by atoms with van der Waals surface area (Å²) in [5.74, 6) is -0.508. The van der Waals surface area contributed by atoms with Gasteiger partial charge in [0.05, 0.1) is 11.3 Å². The summed E-state index contributed by atoms with van der Waals surface area (Å²) in [4.78, 5) is 11.8. The number of nitrogens with one attached hydrogen (secondary N) is 2. The summed E-state index contributed by atoms with van der Waals surface area (Å²) in [5, 5.41) is 14.0. The van der Waals surface area contributed by atoms with E-state index in [1.807, 2.05) is 0 Å². The second kappa shape index (κ2) is 8.59. The molecule has 0 aromatic heterocycles. The lowest BCUT2D eigenvalue weighted by Crippen LogP contribution is -2.30. The van der Waals surface area contributed by atoms with E-state index in [0.29, 0.717) is 6.42 Å². The molecule has 2 N–H and O–H groups in total. The summed E-state index contributed by atoms with van der Waals surface area (Å²) in [6.45, 7) is -2.59. The van der Waals surface area contributed by atoms with Crippen LogP contribution in [0.1, 0.15) is 11.1 Å². The van der Waals surface area contributed by atoms with Crippen molar-refractivity contribution in [3.63, 3.8) is 0 Å². The van der Waals surface area contributed by atoms with Crippen LogP contribution in [0.5, 0.6) is 5.75 Å². The Hall–Kier alpha value is -3.21. The van der Waals surface area contributed by atoms with Gasteiger partial charge < -0.3 is 15.4 Å². The highest BCUT2D eigenvalue weighted by Crippen LogP contribution is 2.16. The van der Waals surface area contributed by atoms with Gasteiger partial charge in [0.25, 0.3) is 0 Å². The topological polar surface area (TPSA) is 74.2 Å². The van der Waals surface area contributed by atoms with E-state index in [1.54, 1.807) is 18.2 Å². The molecule has 0 radical (unpaired) electrons. The monoisotopic (exact) mass is 349 g/mol. The normalized spacial score (nSPS) is 10.2. The van der Waals surface area contributed by atoms with Crippen molar-refractivity contribution in [1.29, 1.82) is 5.26 Å². The van der Waals surface area contributed by atoms with Gasteiger partial charge in [-0.05, 0) is 42.3 Å². The summed E-state index contributed by atoms with van der Waals surface area (Å²) in [7, 11) is 0. The predicted octanol–water partition coefficient (Wildman–Crippen LogP) is 3.66. The minimum Gasteiger partial charge on any atom is -0.435 e. The number of alkyl halides is 2. The van der Waals surface area contributed by atoms with Crippen LogP contribution in [0.3, 0.4) is 0 Å². The zero-order valence-electron chi connectivity index (χ0n) is 12.9. The van der Waals surface area contributed by atoms with E-state index in [9.17, 15) is 18.0 Å². The zero-order chi connectivity index (χ0) is 18.2. The van der Waals surface area contributed by atoms with Gasteiger partial charge in [-0.1, -0.05) is 12.1 Å². The molecule has 0 saturated heterocycles. The molecule has 0 saturated carbocycles. The number of urea groups is 1. The number of nitriles is 1. The maximum absolute atomic E-state index is 13.0. The van der Waals surface area contributed by atoms with Gasteiger partial charge >= 0.3 is 12.6 Å². The molecule has 5 nitrogen and oxygen atoms in total. The van der Waals surface area contributed by atoms with Crippen LogP contribution >= 0.6 is 0 Å². The lowest BCUT2D eigenvalue weighted by Gasteiger charge is -2.09. The standard InChI is InChI=1S/C17H14F3N3O2/c18-13-3-6-15(12(9-13)10-21)23-17(24)22-8-7-11-1-4-14(5-2-11)25-16(19)20/h1-6,9,16H,7-8H2,(H2,22,23,24).